The summed E-state index contributed by atoms with van der Waals surface area (Å²) < 4.78 is 0. The number of aromatic nitrogens is 1. The number of aryl methyl sites for hydroxylation is 1. The van der Waals surface area contributed by atoms with Crippen molar-refractivity contribution in [2.24, 2.45) is 0 Å². The highest BCUT2D eigenvalue weighted by Gasteiger charge is 2.03. The highest BCUT2D eigenvalue weighted by molar-refractivity contribution is 5.76. The first-order valence-electron chi connectivity index (χ1n) is 6.43. The second kappa shape index (κ2) is 7.05. The molecule has 4 nitrogen and oxygen atoms in total. The maximum absolute atomic E-state index is 11.7. The summed E-state index contributed by atoms with van der Waals surface area (Å²) in [5.74, 6) is 0.0000118. The van der Waals surface area contributed by atoms with Crippen molar-refractivity contribution >= 4 is 5.91 Å². The van der Waals surface area contributed by atoms with Crippen molar-refractivity contribution in [1.29, 1.82) is 5.26 Å². The summed E-state index contributed by atoms with van der Waals surface area (Å²) >= 11 is 0. The van der Waals surface area contributed by atoms with E-state index in [0.29, 0.717) is 24.9 Å². The van der Waals surface area contributed by atoms with E-state index in [9.17, 15) is 4.79 Å². The van der Waals surface area contributed by atoms with E-state index in [1.165, 1.54) is 6.20 Å². The molecule has 1 aromatic heterocycles. The fraction of sp³-hybridized carbons (Fsp3) is 0.188. The van der Waals surface area contributed by atoms with Gasteiger partial charge in [-0.2, -0.15) is 5.26 Å². The number of nitrogens with zero attached hydrogens (tertiary/aromatic N) is 2. The quantitative estimate of drug-likeness (QED) is 0.901. The predicted octanol–water partition coefficient (Wildman–Crippen LogP) is 2.20. The van der Waals surface area contributed by atoms with Crippen molar-refractivity contribution in [3.05, 3.63) is 65.5 Å². The first-order valence-corrected chi connectivity index (χ1v) is 6.43. The second-order valence-corrected chi connectivity index (χ2v) is 4.41. The molecule has 100 valence electrons. The summed E-state index contributed by atoms with van der Waals surface area (Å²) in [6, 6.07) is 15.3. The van der Waals surface area contributed by atoms with Crippen LogP contribution in [0.5, 0.6) is 0 Å². The molecule has 20 heavy (non-hydrogen) atoms. The lowest BCUT2D eigenvalue weighted by Gasteiger charge is -2.05. The number of carbonyl (C=O) groups is 1. The number of benzene rings is 1. The van der Waals surface area contributed by atoms with Crippen LogP contribution in [0.15, 0.2) is 48.7 Å². The van der Waals surface area contributed by atoms with Gasteiger partial charge in [-0.3, -0.25) is 9.78 Å². The van der Waals surface area contributed by atoms with Gasteiger partial charge in [-0.05, 0) is 24.1 Å². The fourth-order valence-electron chi connectivity index (χ4n) is 1.77. The lowest BCUT2D eigenvalue weighted by Crippen LogP contribution is -2.23. The number of hydrogen-bond acceptors (Lipinski definition) is 3. The van der Waals surface area contributed by atoms with E-state index in [2.05, 4.69) is 10.3 Å². The van der Waals surface area contributed by atoms with Crippen molar-refractivity contribution < 1.29 is 4.79 Å². The Bertz CT molecular complexity index is 600. The van der Waals surface area contributed by atoms with Crippen LogP contribution in [-0.4, -0.2) is 10.9 Å². The SMILES string of the molecule is N#Cc1ccc(CCC(=O)NCc2ccccc2)nc1. The van der Waals surface area contributed by atoms with Crippen LogP contribution in [0.4, 0.5) is 0 Å². The maximum Gasteiger partial charge on any atom is 0.220 e. The molecule has 0 aliphatic carbocycles. The largest absolute Gasteiger partial charge is 0.352 e. The molecular formula is C16H15N3O. The Kier molecular flexibility index (Phi) is 4.85. The Morgan fingerprint density at radius 3 is 2.65 bits per heavy atom. The topological polar surface area (TPSA) is 65.8 Å². The van der Waals surface area contributed by atoms with Crippen LogP contribution in [0.3, 0.4) is 0 Å². The van der Waals surface area contributed by atoms with Gasteiger partial charge in [-0.15, -0.1) is 0 Å². The highest BCUT2D eigenvalue weighted by Crippen LogP contribution is 2.02. The van der Waals surface area contributed by atoms with E-state index in [4.69, 9.17) is 5.26 Å². The van der Waals surface area contributed by atoms with Crippen LogP contribution in [0.2, 0.25) is 0 Å². The molecule has 0 aliphatic heterocycles. The van der Waals surface area contributed by atoms with Gasteiger partial charge in [0, 0.05) is 24.9 Å². The molecule has 0 bridgehead atoms. The van der Waals surface area contributed by atoms with Gasteiger partial charge in [0.1, 0.15) is 6.07 Å². The number of amides is 1. The average molecular weight is 265 g/mol. The third-order valence-electron chi connectivity index (χ3n) is 2.89. The first kappa shape index (κ1) is 13.8. The monoisotopic (exact) mass is 265 g/mol. The van der Waals surface area contributed by atoms with Crippen LogP contribution in [0.1, 0.15) is 23.2 Å². The molecule has 4 heteroatoms. The highest BCUT2D eigenvalue weighted by atomic mass is 16.1. The molecule has 0 saturated carbocycles. The minimum Gasteiger partial charge on any atom is -0.352 e. The number of nitriles is 1. The summed E-state index contributed by atoms with van der Waals surface area (Å²) in [6.07, 6.45) is 2.50. The van der Waals surface area contributed by atoms with Gasteiger partial charge in [0.2, 0.25) is 5.91 Å². The van der Waals surface area contributed by atoms with Gasteiger partial charge in [0.25, 0.3) is 0 Å². The number of rotatable bonds is 5. The number of carbonyl (C=O) groups excluding carboxylic acids is 1. The third-order valence-corrected chi connectivity index (χ3v) is 2.89. The molecule has 0 fully saturated rings. The molecule has 0 atom stereocenters. The standard InChI is InChI=1S/C16H15N3O/c17-10-14-6-7-15(18-12-14)8-9-16(20)19-11-13-4-2-1-3-5-13/h1-7,12H,8-9,11H2,(H,19,20). The molecule has 1 N–H and O–H groups in total. The molecule has 0 saturated heterocycles. The van der Waals surface area contributed by atoms with Crippen molar-refractivity contribution in [2.45, 2.75) is 19.4 Å². The zero-order valence-corrected chi connectivity index (χ0v) is 11.0. The van der Waals surface area contributed by atoms with Crippen LogP contribution < -0.4 is 5.32 Å². The lowest BCUT2D eigenvalue weighted by atomic mass is 10.2. The van der Waals surface area contributed by atoms with E-state index in [1.54, 1.807) is 12.1 Å². The van der Waals surface area contributed by atoms with Crippen LogP contribution >= 0.6 is 0 Å². The van der Waals surface area contributed by atoms with Crippen molar-refractivity contribution in [1.82, 2.24) is 10.3 Å². The zero-order valence-electron chi connectivity index (χ0n) is 11.0. The van der Waals surface area contributed by atoms with Gasteiger partial charge in [0.15, 0.2) is 0 Å². The van der Waals surface area contributed by atoms with Gasteiger partial charge in [0.05, 0.1) is 5.56 Å². The van der Waals surface area contributed by atoms with Gasteiger partial charge < -0.3 is 5.32 Å². The molecule has 2 aromatic rings. The molecule has 2 rings (SSSR count). The summed E-state index contributed by atoms with van der Waals surface area (Å²) in [6.45, 7) is 0.542. The second-order valence-electron chi connectivity index (χ2n) is 4.41. The van der Waals surface area contributed by atoms with Gasteiger partial charge >= 0.3 is 0 Å². The van der Waals surface area contributed by atoms with E-state index in [0.717, 1.165) is 11.3 Å². The van der Waals surface area contributed by atoms with Crippen LogP contribution in [-0.2, 0) is 17.8 Å². The Labute approximate surface area is 118 Å². The first-order chi connectivity index (χ1) is 9.78. The van der Waals surface area contributed by atoms with Crippen molar-refractivity contribution in [2.75, 3.05) is 0 Å². The van der Waals surface area contributed by atoms with E-state index < -0.39 is 0 Å². The Balaban J connectivity index is 1.76. The van der Waals surface area contributed by atoms with Crippen molar-refractivity contribution in [3.63, 3.8) is 0 Å². The average Bonchev–Trinajstić information content (AvgIpc) is 2.52. The van der Waals surface area contributed by atoms with Crippen LogP contribution in [0, 0.1) is 11.3 Å². The minimum absolute atomic E-state index is 0.0000118. The zero-order chi connectivity index (χ0) is 14.2. The number of hydrogen-bond donors (Lipinski definition) is 1. The Morgan fingerprint density at radius 1 is 1.20 bits per heavy atom. The maximum atomic E-state index is 11.7. The number of pyridine rings is 1. The molecule has 0 aliphatic rings. The van der Waals surface area contributed by atoms with Crippen molar-refractivity contribution in [3.8, 4) is 6.07 Å². The normalized spacial score (nSPS) is 9.75. The Hall–Kier alpha value is -2.67. The lowest BCUT2D eigenvalue weighted by molar-refractivity contribution is -0.121. The molecule has 0 unspecified atom stereocenters. The van der Waals surface area contributed by atoms with Crippen LogP contribution in [0.25, 0.3) is 0 Å². The molecule has 1 heterocycles. The molecule has 0 spiro atoms. The van der Waals surface area contributed by atoms with E-state index in [-0.39, 0.29) is 5.91 Å². The minimum atomic E-state index is 0.0000118. The summed E-state index contributed by atoms with van der Waals surface area (Å²) in [5, 5.41) is 11.5. The molecule has 1 amide bonds. The summed E-state index contributed by atoms with van der Waals surface area (Å²) in [5.41, 5.74) is 2.43. The molecular weight excluding hydrogens is 250 g/mol. The van der Waals surface area contributed by atoms with Gasteiger partial charge in [-0.1, -0.05) is 30.3 Å². The fourth-order valence-corrected chi connectivity index (χ4v) is 1.77. The molecule has 1 aromatic carbocycles. The summed E-state index contributed by atoms with van der Waals surface area (Å²) in [7, 11) is 0. The predicted molar refractivity (Wildman–Crippen MR) is 75.6 cm³/mol. The van der Waals surface area contributed by atoms with Gasteiger partial charge in [-0.25, -0.2) is 0 Å². The Morgan fingerprint density at radius 2 is 2.00 bits per heavy atom. The number of nitrogens with one attached hydrogen (secondary N) is 1. The summed E-state index contributed by atoms with van der Waals surface area (Å²) in [4.78, 5) is 15.9. The molecule has 0 radical (unpaired) electrons. The third kappa shape index (κ3) is 4.21. The van der Waals surface area contributed by atoms with E-state index >= 15 is 0 Å². The van der Waals surface area contributed by atoms with E-state index in [1.807, 2.05) is 36.4 Å². The smallest absolute Gasteiger partial charge is 0.220 e.